The van der Waals surface area contributed by atoms with Gasteiger partial charge in [-0.2, -0.15) is 5.10 Å². The van der Waals surface area contributed by atoms with E-state index in [1.54, 1.807) is 43.2 Å². The van der Waals surface area contributed by atoms with Crippen molar-refractivity contribution in [3.63, 3.8) is 0 Å². The second kappa shape index (κ2) is 10.3. The molecule has 0 unspecified atom stereocenters. The number of H-pyrrole nitrogens is 2. The van der Waals surface area contributed by atoms with Crippen molar-refractivity contribution in [3.8, 4) is 10.4 Å². The number of aryl methyl sites for hydroxylation is 1. The van der Waals surface area contributed by atoms with Crippen LogP contribution < -0.4 is 11.0 Å². The van der Waals surface area contributed by atoms with E-state index >= 15 is 0 Å². The van der Waals surface area contributed by atoms with Crippen LogP contribution >= 0.6 is 11.3 Å². The van der Waals surface area contributed by atoms with E-state index in [1.165, 1.54) is 16.2 Å². The summed E-state index contributed by atoms with van der Waals surface area (Å²) in [6.07, 6.45) is 3.70. The van der Waals surface area contributed by atoms with Gasteiger partial charge in [0.25, 0.3) is 5.91 Å². The highest BCUT2D eigenvalue weighted by atomic mass is 32.1. The van der Waals surface area contributed by atoms with E-state index in [0.29, 0.717) is 41.5 Å². The third-order valence-corrected chi connectivity index (χ3v) is 7.43. The van der Waals surface area contributed by atoms with E-state index in [-0.39, 0.29) is 23.9 Å². The average Bonchev–Trinajstić information content (AvgIpc) is 3.65. The zero-order chi connectivity index (χ0) is 27.0. The quantitative estimate of drug-likeness (QED) is 0.265. The first-order valence-corrected chi connectivity index (χ1v) is 12.9. The van der Waals surface area contributed by atoms with Gasteiger partial charge in [0.05, 0.1) is 33.1 Å². The minimum Gasteiger partial charge on any atom is -0.349 e. The molecule has 0 aliphatic heterocycles. The van der Waals surface area contributed by atoms with E-state index in [2.05, 4.69) is 25.5 Å². The monoisotopic (exact) mass is 535 g/mol. The first-order chi connectivity index (χ1) is 18.2. The molecule has 0 saturated heterocycles. The van der Waals surface area contributed by atoms with E-state index in [4.69, 9.17) is 0 Å². The van der Waals surface area contributed by atoms with Crippen molar-refractivity contribution < 1.29 is 9.59 Å². The number of thiophene rings is 1. The molecule has 0 atom stereocenters. The fourth-order valence-electron chi connectivity index (χ4n) is 4.21. The summed E-state index contributed by atoms with van der Waals surface area (Å²) in [7, 11) is 7.32. The molecule has 5 rings (SSSR count). The Morgan fingerprint density at radius 1 is 1.08 bits per heavy atom. The maximum atomic E-state index is 13.2. The summed E-state index contributed by atoms with van der Waals surface area (Å²) >= 11 is 1.35. The van der Waals surface area contributed by atoms with E-state index < -0.39 is 0 Å². The van der Waals surface area contributed by atoms with Gasteiger partial charge in [0, 0.05) is 56.8 Å². The molecule has 0 bridgehead atoms. The number of aromatic nitrogens is 6. The molecule has 0 aliphatic carbocycles. The van der Waals surface area contributed by atoms with Crippen LogP contribution in [0.3, 0.4) is 0 Å². The molecule has 2 amide bonds. The number of nitrogens with zero attached hydrogens (tertiary/aromatic N) is 6. The molecule has 0 aliphatic rings. The van der Waals surface area contributed by atoms with Crippen LogP contribution in [0.2, 0.25) is 0 Å². The topological polar surface area (TPSA) is 137 Å². The number of hydrogen-bond donors (Lipinski definition) is 3. The lowest BCUT2D eigenvalue weighted by molar-refractivity contribution is -0.128. The number of nitrogens with one attached hydrogen (secondary N) is 3. The minimum absolute atomic E-state index is 0.0437. The van der Waals surface area contributed by atoms with E-state index in [1.807, 2.05) is 35.7 Å². The molecule has 0 fully saturated rings. The number of rotatable bonds is 9. The zero-order valence-electron chi connectivity index (χ0n) is 21.6. The molecule has 0 spiro atoms. The third kappa shape index (κ3) is 4.97. The van der Waals surface area contributed by atoms with Crippen molar-refractivity contribution in [3.05, 3.63) is 52.0 Å². The second-order valence-corrected chi connectivity index (χ2v) is 10.6. The number of benzene rings is 1. The van der Waals surface area contributed by atoms with Crippen LogP contribution in [0.15, 0.2) is 41.5 Å². The molecule has 4 heterocycles. The highest BCUT2D eigenvalue weighted by Crippen LogP contribution is 2.29. The summed E-state index contributed by atoms with van der Waals surface area (Å²) in [5, 5.41) is 9.67. The predicted molar refractivity (Wildman–Crippen MR) is 148 cm³/mol. The maximum absolute atomic E-state index is 13.2. The van der Waals surface area contributed by atoms with Crippen LogP contribution in [0.1, 0.15) is 16.1 Å². The number of likely N-dealkylation sites (N-methyl/N-ethyl adjacent to an activating group) is 1. The van der Waals surface area contributed by atoms with Crippen molar-refractivity contribution in [2.75, 3.05) is 40.1 Å². The fraction of sp³-hybridized carbons (Fsp3) is 0.320. The molecule has 4 aromatic heterocycles. The summed E-state index contributed by atoms with van der Waals surface area (Å²) in [6.45, 7) is 1.53. The van der Waals surface area contributed by atoms with Crippen LogP contribution in [0, 0.1) is 0 Å². The molecule has 5 aromatic rings. The maximum Gasteiger partial charge on any atom is 0.326 e. The van der Waals surface area contributed by atoms with Crippen molar-refractivity contribution in [1.82, 2.24) is 39.1 Å². The summed E-state index contributed by atoms with van der Waals surface area (Å²) in [6, 6.07) is 7.33. The normalized spacial score (nSPS) is 11.6. The summed E-state index contributed by atoms with van der Waals surface area (Å²) in [5.74, 6) is -0.00361. The summed E-state index contributed by atoms with van der Waals surface area (Å²) < 4.78 is 3.52. The number of fused-ring (bicyclic) bond motifs is 2. The Balaban J connectivity index is 1.53. The highest BCUT2D eigenvalue weighted by molar-refractivity contribution is 7.17. The number of imidazole rings is 2. The third-order valence-electron chi connectivity index (χ3n) is 6.30. The van der Waals surface area contributed by atoms with Gasteiger partial charge in [-0.1, -0.05) is 0 Å². The predicted octanol–water partition coefficient (Wildman–Crippen LogP) is 2.42. The number of anilines is 1. The van der Waals surface area contributed by atoms with Crippen molar-refractivity contribution in [1.29, 1.82) is 0 Å². The molecule has 13 heteroatoms. The Bertz CT molecular complexity index is 1670. The van der Waals surface area contributed by atoms with E-state index in [9.17, 15) is 14.4 Å². The lowest BCUT2D eigenvalue weighted by Crippen LogP contribution is -2.24. The van der Waals surface area contributed by atoms with Crippen LogP contribution in [0.25, 0.3) is 32.5 Å². The number of carbonyl (C=O) groups is 2. The van der Waals surface area contributed by atoms with Gasteiger partial charge < -0.3 is 19.4 Å². The Kier molecular flexibility index (Phi) is 6.87. The van der Waals surface area contributed by atoms with Gasteiger partial charge in [0.15, 0.2) is 0 Å². The Labute approximate surface area is 221 Å². The highest BCUT2D eigenvalue weighted by Gasteiger charge is 2.19. The van der Waals surface area contributed by atoms with Gasteiger partial charge in [0.1, 0.15) is 0 Å². The molecular weight excluding hydrogens is 506 g/mol. The van der Waals surface area contributed by atoms with Crippen molar-refractivity contribution in [2.24, 2.45) is 0 Å². The Morgan fingerprint density at radius 2 is 1.89 bits per heavy atom. The van der Waals surface area contributed by atoms with Gasteiger partial charge in [-0.25, -0.2) is 9.78 Å². The molecule has 12 nitrogen and oxygen atoms in total. The first kappa shape index (κ1) is 25.4. The summed E-state index contributed by atoms with van der Waals surface area (Å²) in [5.41, 5.74) is 3.45. The molecular formula is C25H29N9O3S. The Hall–Kier alpha value is -4.23. The van der Waals surface area contributed by atoms with Crippen molar-refractivity contribution >= 4 is 51.2 Å². The van der Waals surface area contributed by atoms with Gasteiger partial charge in [-0.3, -0.25) is 24.6 Å². The van der Waals surface area contributed by atoms with E-state index in [0.717, 1.165) is 21.5 Å². The molecule has 198 valence electrons. The number of aromatic amines is 2. The lowest BCUT2D eigenvalue weighted by atomic mass is 10.2. The molecule has 0 saturated carbocycles. The average molecular weight is 536 g/mol. The largest absolute Gasteiger partial charge is 0.349 e. The zero-order valence-corrected chi connectivity index (χ0v) is 22.4. The number of amides is 2. The van der Waals surface area contributed by atoms with Crippen molar-refractivity contribution in [2.45, 2.75) is 19.5 Å². The standard InChI is InChI=1S/C25H29N9O3S/c1-31(2)9-10-34-19-12-18-16(11-17(19)29-25(34)37)28-24(33(18)8-7-22(35)32(3)4)30-23(36)21-6-5-20(38-21)15-13-26-27-14-15/h5-6,11-14H,7-10H2,1-4H3,(H,26,27)(H,29,37)(H,28,30,36). The summed E-state index contributed by atoms with van der Waals surface area (Å²) in [4.78, 5) is 50.8. The SMILES string of the molecule is CN(C)CCn1c(=O)[nH]c2cc3nc(NC(=O)c4ccc(-c5cn[nH]c5)s4)n(CCC(=O)N(C)C)c3cc21. The fourth-order valence-corrected chi connectivity index (χ4v) is 5.10. The molecule has 38 heavy (non-hydrogen) atoms. The molecule has 3 N–H and O–H groups in total. The lowest BCUT2D eigenvalue weighted by Gasteiger charge is -2.13. The minimum atomic E-state index is -0.298. The molecule has 0 radical (unpaired) electrons. The van der Waals surface area contributed by atoms with Crippen LogP contribution in [-0.4, -0.2) is 85.6 Å². The first-order valence-electron chi connectivity index (χ1n) is 12.1. The number of hydrogen-bond acceptors (Lipinski definition) is 7. The van der Waals surface area contributed by atoms with Gasteiger partial charge in [0.2, 0.25) is 11.9 Å². The molecule has 1 aromatic carbocycles. The second-order valence-electron chi connectivity index (χ2n) is 9.47. The van der Waals surface area contributed by atoms with Crippen LogP contribution in [-0.2, 0) is 17.9 Å². The van der Waals surface area contributed by atoms with Crippen LogP contribution in [0.4, 0.5) is 5.95 Å². The van der Waals surface area contributed by atoms with Gasteiger partial charge in [-0.15, -0.1) is 11.3 Å². The van der Waals surface area contributed by atoms with Gasteiger partial charge >= 0.3 is 5.69 Å². The smallest absolute Gasteiger partial charge is 0.326 e. The Morgan fingerprint density at radius 3 is 2.61 bits per heavy atom. The van der Waals surface area contributed by atoms with Crippen LogP contribution in [0.5, 0.6) is 0 Å². The number of carbonyl (C=O) groups excluding carboxylic acids is 2. The van der Waals surface area contributed by atoms with Gasteiger partial charge in [-0.05, 0) is 38.4 Å².